The summed E-state index contributed by atoms with van der Waals surface area (Å²) >= 11 is 3.31. The van der Waals surface area contributed by atoms with Crippen molar-refractivity contribution in [1.29, 1.82) is 0 Å². The Hall–Kier alpha value is -2.35. The number of carbonyl (C=O) groups excluding carboxylic acids is 3. The lowest BCUT2D eigenvalue weighted by molar-refractivity contribution is -0.149. The third-order valence-corrected chi connectivity index (χ3v) is 2.99. The molecule has 1 rings (SSSR count). The summed E-state index contributed by atoms with van der Waals surface area (Å²) in [6, 6.07) is 4.27. The van der Waals surface area contributed by atoms with Crippen LogP contribution in [0.15, 0.2) is 28.7 Å². The molecule has 8 heteroatoms. The molecule has 1 atom stereocenters. The molecule has 0 aliphatic carbocycles. The Kier molecular flexibility index (Phi) is 6.58. The number of ether oxygens (including phenoxy) is 2. The summed E-state index contributed by atoms with van der Waals surface area (Å²) < 4.78 is 10.8. The van der Waals surface area contributed by atoms with Crippen LogP contribution < -0.4 is 15.8 Å². The van der Waals surface area contributed by atoms with E-state index in [2.05, 4.69) is 15.9 Å². The quantitative estimate of drug-likeness (QED) is 0.604. The average Bonchev–Trinajstić information content (AvgIpc) is 2.44. The molecule has 0 fully saturated rings. The molecule has 0 aliphatic rings. The van der Waals surface area contributed by atoms with E-state index in [0.717, 1.165) is 10.5 Å². The Balaban J connectivity index is 2.70. The third-order valence-electron chi connectivity index (χ3n) is 2.50. The second-order valence-corrected chi connectivity index (χ2v) is 5.07. The zero-order valence-electron chi connectivity index (χ0n) is 12.0. The maximum Gasteiger partial charge on any atom is 0.331 e. The van der Waals surface area contributed by atoms with Crippen molar-refractivity contribution in [3.63, 3.8) is 0 Å². The summed E-state index contributed by atoms with van der Waals surface area (Å²) in [5, 5.41) is 1.82. The van der Waals surface area contributed by atoms with Gasteiger partial charge in [-0.25, -0.2) is 9.59 Å². The van der Waals surface area contributed by atoms with Gasteiger partial charge in [-0.15, -0.1) is 0 Å². The van der Waals surface area contributed by atoms with Gasteiger partial charge in [-0.2, -0.15) is 0 Å². The third kappa shape index (κ3) is 5.57. The van der Waals surface area contributed by atoms with Crippen molar-refractivity contribution in [3.05, 3.63) is 34.3 Å². The molecule has 3 N–H and O–H groups in total. The van der Waals surface area contributed by atoms with E-state index in [0.29, 0.717) is 11.3 Å². The maximum atomic E-state index is 11.6. The molecule has 1 aromatic rings. The van der Waals surface area contributed by atoms with E-state index in [1.807, 2.05) is 5.32 Å². The van der Waals surface area contributed by atoms with Crippen LogP contribution in [0.25, 0.3) is 6.08 Å². The molecule has 0 unspecified atom stereocenters. The summed E-state index contributed by atoms with van der Waals surface area (Å²) in [4.78, 5) is 33.5. The van der Waals surface area contributed by atoms with Crippen molar-refractivity contribution in [2.24, 2.45) is 5.73 Å². The maximum absolute atomic E-state index is 11.6. The second kappa shape index (κ2) is 8.18. The summed E-state index contributed by atoms with van der Waals surface area (Å²) in [7, 11) is 1.51. The highest BCUT2D eigenvalue weighted by Gasteiger charge is 2.17. The lowest BCUT2D eigenvalue weighted by Crippen LogP contribution is -2.42. The van der Waals surface area contributed by atoms with Gasteiger partial charge >= 0.3 is 12.0 Å². The summed E-state index contributed by atoms with van der Waals surface area (Å²) in [5.41, 5.74) is 5.45. The van der Waals surface area contributed by atoms with Crippen LogP contribution in [0.5, 0.6) is 5.75 Å². The van der Waals surface area contributed by atoms with Gasteiger partial charge in [0.25, 0.3) is 5.91 Å². The number of hydrogen-bond donors (Lipinski definition) is 2. The highest BCUT2D eigenvalue weighted by Crippen LogP contribution is 2.24. The fourth-order valence-electron chi connectivity index (χ4n) is 1.48. The number of hydrogen-bond acceptors (Lipinski definition) is 5. The SMILES string of the molecule is COc1ccc(Br)cc1/C=C/C(=O)O[C@@H](C)C(=O)NC(N)=O. The minimum atomic E-state index is -1.14. The van der Waals surface area contributed by atoms with Gasteiger partial charge in [-0.1, -0.05) is 15.9 Å². The molecule has 0 spiro atoms. The number of carbonyl (C=O) groups is 3. The molecule has 0 saturated carbocycles. The van der Waals surface area contributed by atoms with Crippen molar-refractivity contribution in [2.45, 2.75) is 13.0 Å². The number of nitrogens with one attached hydrogen (secondary N) is 1. The molecule has 3 amide bonds. The lowest BCUT2D eigenvalue weighted by atomic mass is 10.2. The van der Waals surface area contributed by atoms with Gasteiger partial charge in [0.2, 0.25) is 0 Å². The predicted octanol–water partition coefficient (Wildman–Crippen LogP) is 1.60. The smallest absolute Gasteiger partial charge is 0.331 e. The molecule has 22 heavy (non-hydrogen) atoms. The molecule has 0 bridgehead atoms. The molecule has 0 aromatic heterocycles. The first kappa shape index (κ1) is 17.7. The largest absolute Gasteiger partial charge is 0.496 e. The van der Waals surface area contributed by atoms with E-state index in [1.54, 1.807) is 18.2 Å². The van der Waals surface area contributed by atoms with Gasteiger partial charge in [0, 0.05) is 16.1 Å². The fraction of sp³-hybridized carbons (Fsp3) is 0.214. The summed E-state index contributed by atoms with van der Waals surface area (Å²) in [6.07, 6.45) is 1.50. The first-order valence-electron chi connectivity index (χ1n) is 6.16. The highest BCUT2D eigenvalue weighted by molar-refractivity contribution is 9.10. The van der Waals surface area contributed by atoms with Crippen molar-refractivity contribution in [3.8, 4) is 5.75 Å². The minimum absolute atomic E-state index is 0.576. The van der Waals surface area contributed by atoms with Crippen LogP contribution in [0.3, 0.4) is 0 Å². The average molecular weight is 371 g/mol. The molecule has 7 nitrogen and oxygen atoms in total. The van der Waals surface area contributed by atoms with E-state index in [1.165, 1.54) is 20.1 Å². The zero-order chi connectivity index (χ0) is 16.7. The second-order valence-electron chi connectivity index (χ2n) is 4.15. The number of primary amides is 1. The first-order chi connectivity index (χ1) is 10.3. The van der Waals surface area contributed by atoms with Crippen LogP contribution in [0.2, 0.25) is 0 Å². The van der Waals surface area contributed by atoms with E-state index < -0.39 is 24.0 Å². The Labute approximate surface area is 135 Å². The van der Waals surface area contributed by atoms with E-state index in [9.17, 15) is 14.4 Å². The zero-order valence-corrected chi connectivity index (χ0v) is 13.5. The van der Waals surface area contributed by atoms with Crippen LogP contribution >= 0.6 is 15.9 Å². The Bertz CT molecular complexity index is 615. The standard InChI is InChI=1S/C14H15BrN2O5/c1-8(13(19)17-14(16)20)22-12(18)6-3-9-7-10(15)4-5-11(9)21-2/h3-8H,1-2H3,(H3,16,17,19,20)/b6-3+/t8-/m0/s1. The first-order valence-corrected chi connectivity index (χ1v) is 6.95. The Morgan fingerprint density at radius 3 is 2.64 bits per heavy atom. The molecule has 118 valence electrons. The van der Waals surface area contributed by atoms with Crippen LogP contribution in [0.4, 0.5) is 4.79 Å². The summed E-state index contributed by atoms with van der Waals surface area (Å²) in [5.74, 6) is -0.963. The number of amides is 3. The highest BCUT2D eigenvalue weighted by atomic mass is 79.9. The molecule has 0 radical (unpaired) electrons. The number of nitrogens with two attached hydrogens (primary N) is 1. The predicted molar refractivity (Wildman–Crippen MR) is 83.0 cm³/mol. The van der Waals surface area contributed by atoms with Gasteiger partial charge in [-0.05, 0) is 31.2 Å². The van der Waals surface area contributed by atoms with Crippen molar-refractivity contribution < 1.29 is 23.9 Å². The number of esters is 1. The number of methoxy groups -OCH3 is 1. The molecule has 0 aliphatic heterocycles. The van der Waals surface area contributed by atoms with Crippen LogP contribution in [-0.2, 0) is 14.3 Å². The van der Waals surface area contributed by atoms with Gasteiger partial charge in [0.05, 0.1) is 7.11 Å². The number of rotatable bonds is 5. The number of urea groups is 1. The molecule has 1 aromatic carbocycles. The normalized spacial score (nSPS) is 11.8. The molecule has 0 saturated heterocycles. The lowest BCUT2D eigenvalue weighted by Gasteiger charge is -2.10. The fourth-order valence-corrected chi connectivity index (χ4v) is 1.86. The van der Waals surface area contributed by atoms with E-state index >= 15 is 0 Å². The van der Waals surface area contributed by atoms with Gasteiger partial charge in [-0.3, -0.25) is 10.1 Å². The molecular formula is C14H15BrN2O5. The van der Waals surface area contributed by atoms with E-state index in [4.69, 9.17) is 15.2 Å². The van der Waals surface area contributed by atoms with Crippen LogP contribution in [-0.4, -0.2) is 31.1 Å². The van der Waals surface area contributed by atoms with Crippen molar-refractivity contribution >= 4 is 39.9 Å². The van der Waals surface area contributed by atoms with Gasteiger partial charge in [0.1, 0.15) is 5.75 Å². The van der Waals surface area contributed by atoms with E-state index in [-0.39, 0.29) is 0 Å². The van der Waals surface area contributed by atoms with Crippen molar-refractivity contribution in [1.82, 2.24) is 5.32 Å². The topological polar surface area (TPSA) is 108 Å². The Morgan fingerprint density at radius 2 is 2.05 bits per heavy atom. The van der Waals surface area contributed by atoms with Gasteiger partial charge in [0.15, 0.2) is 6.10 Å². The van der Waals surface area contributed by atoms with Crippen LogP contribution in [0.1, 0.15) is 12.5 Å². The number of benzene rings is 1. The Morgan fingerprint density at radius 1 is 1.36 bits per heavy atom. The monoisotopic (exact) mass is 370 g/mol. The number of imide groups is 1. The molecular weight excluding hydrogens is 356 g/mol. The van der Waals surface area contributed by atoms with Gasteiger partial charge < -0.3 is 15.2 Å². The molecule has 0 heterocycles. The van der Waals surface area contributed by atoms with Crippen LogP contribution in [0, 0.1) is 0 Å². The van der Waals surface area contributed by atoms with Crippen molar-refractivity contribution in [2.75, 3.05) is 7.11 Å². The summed E-state index contributed by atoms with van der Waals surface area (Å²) in [6.45, 7) is 1.32. The minimum Gasteiger partial charge on any atom is -0.496 e. The number of halogens is 1.